The van der Waals surface area contributed by atoms with Gasteiger partial charge in [0.25, 0.3) is 0 Å². The number of benzene rings is 1. The molecule has 6 nitrogen and oxygen atoms in total. The summed E-state index contributed by atoms with van der Waals surface area (Å²) < 4.78 is 30.6. The van der Waals surface area contributed by atoms with E-state index in [9.17, 15) is 13.2 Å². The van der Waals surface area contributed by atoms with Crippen LogP contribution in [-0.2, 0) is 14.8 Å². The Bertz CT molecular complexity index is 714. The first-order valence-corrected chi connectivity index (χ1v) is 9.25. The Balaban J connectivity index is 1.75. The van der Waals surface area contributed by atoms with Crippen LogP contribution < -0.4 is 10.1 Å². The standard InChI is InChI=1S/C16H22N2O4S/c1-11(2)22-14-6-4-13(5-7-14)17-15(19)16-10-12(16)8-9-18(3)23(16,20)21/h4-7,11-12H,8-10H2,1-3H3,(H,17,19)/t12-,16+/m0/s1. The van der Waals surface area contributed by atoms with Crippen molar-refractivity contribution in [2.24, 2.45) is 5.92 Å². The van der Waals surface area contributed by atoms with Crippen LogP contribution in [0.1, 0.15) is 26.7 Å². The van der Waals surface area contributed by atoms with Gasteiger partial charge in [-0.15, -0.1) is 0 Å². The molecule has 1 saturated heterocycles. The lowest BCUT2D eigenvalue weighted by atomic mass is 10.2. The molecule has 1 aliphatic carbocycles. The van der Waals surface area contributed by atoms with E-state index >= 15 is 0 Å². The molecule has 0 aromatic heterocycles. The second-order valence-corrected chi connectivity index (χ2v) is 8.85. The third-order valence-electron chi connectivity index (χ3n) is 4.58. The van der Waals surface area contributed by atoms with Gasteiger partial charge in [0.2, 0.25) is 15.9 Å². The fourth-order valence-electron chi connectivity index (χ4n) is 3.22. The van der Waals surface area contributed by atoms with Gasteiger partial charge in [0.15, 0.2) is 4.75 Å². The van der Waals surface area contributed by atoms with Gasteiger partial charge in [0.1, 0.15) is 5.75 Å². The minimum absolute atomic E-state index is 0.0627. The molecule has 1 aliphatic heterocycles. The largest absolute Gasteiger partial charge is 0.491 e. The SMILES string of the molecule is CC(C)Oc1ccc(NC(=O)[C@@]23C[C@@H]2CCN(C)S3(=O)=O)cc1. The number of carbonyl (C=O) groups excluding carboxylic acids is 1. The molecule has 0 radical (unpaired) electrons. The smallest absolute Gasteiger partial charge is 0.247 e. The molecule has 1 N–H and O–H groups in total. The van der Waals surface area contributed by atoms with E-state index in [0.717, 1.165) is 6.42 Å². The van der Waals surface area contributed by atoms with Crippen LogP contribution in [0.15, 0.2) is 24.3 Å². The van der Waals surface area contributed by atoms with E-state index in [0.29, 0.717) is 24.4 Å². The molecular weight excluding hydrogens is 316 g/mol. The first-order valence-electron chi connectivity index (χ1n) is 7.81. The van der Waals surface area contributed by atoms with Crippen molar-refractivity contribution >= 4 is 21.6 Å². The number of nitrogens with one attached hydrogen (secondary N) is 1. The first-order chi connectivity index (χ1) is 10.8. The van der Waals surface area contributed by atoms with E-state index < -0.39 is 20.7 Å². The second-order valence-electron chi connectivity index (χ2n) is 6.55. The molecule has 0 unspecified atom stereocenters. The minimum atomic E-state index is -3.57. The third-order valence-corrected chi connectivity index (χ3v) is 7.19. The van der Waals surface area contributed by atoms with Crippen LogP contribution >= 0.6 is 0 Å². The maximum Gasteiger partial charge on any atom is 0.247 e. The van der Waals surface area contributed by atoms with Crippen molar-refractivity contribution in [3.05, 3.63) is 24.3 Å². The summed E-state index contributed by atoms with van der Waals surface area (Å²) >= 11 is 0. The first kappa shape index (κ1) is 16.3. The monoisotopic (exact) mass is 338 g/mol. The highest BCUT2D eigenvalue weighted by atomic mass is 32.2. The molecular formula is C16H22N2O4S. The van der Waals surface area contributed by atoms with Crippen LogP contribution in [0.4, 0.5) is 5.69 Å². The molecule has 126 valence electrons. The molecule has 23 heavy (non-hydrogen) atoms. The predicted molar refractivity (Wildman–Crippen MR) is 87.8 cm³/mol. The highest BCUT2D eigenvalue weighted by molar-refractivity contribution is 7.91. The number of sulfonamides is 1. The topological polar surface area (TPSA) is 75.7 Å². The number of carbonyl (C=O) groups is 1. The normalized spacial score (nSPS) is 29.0. The summed E-state index contributed by atoms with van der Waals surface area (Å²) in [5.41, 5.74) is 0.578. The maximum absolute atomic E-state index is 12.6. The van der Waals surface area contributed by atoms with Crippen molar-refractivity contribution in [1.29, 1.82) is 0 Å². The Labute approximate surface area is 136 Å². The van der Waals surface area contributed by atoms with Crippen LogP contribution in [0.5, 0.6) is 5.75 Å². The van der Waals surface area contributed by atoms with Gasteiger partial charge in [0.05, 0.1) is 6.10 Å². The van der Waals surface area contributed by atoms with Gasteiger partial charge in [-0.25, -0.2) is 12.7 Å². The van der Waals surface area contributed by atoms with Gasteiger partial charge in [-0.05, 0) is 56.9 Å². The molecule has 1 amide bonds. The number of hydrogen-bond acceptors (Lipinski definition) is 4. The second kappa shape index (κ2) is 5.49. The van der Waals surface area contributed by atoms with E-state index in [1.807, 2.05) is 13.8 Å². The fraction of sp³-hybridized carbons (Fsp3) is 0.562. The third kappa shape index (κ3) is 2.61. The Morgan fingerprint density at radius 1 is 1.35 bits per heavy atom. The summed E-state index contributed by atoms with van der Waals surface area (Å²) in [6, 6.07) is 6.98. The molecule has 0 bridgehead atoms. The number of ether oxygens (including phenoxy) is 1. The summed E-state index contributed by atoms with van der Waals surface area (Å²) in [5.74, 6) is 0.226. The zero-order valence-corrected chi connectivity index (χ0v) is 14.4. The lowest BCUT2D eigenvalue weighted by Crippen LogP contribution is -2.50. The van der Waals surface area contributed by atoms with E-state index in [4.69, 9.17) is 4.74 Å². The van der Waals surface area contributed by atoms with Gasteiger partial charge >= 0.3 is 0 Å². The molecule has 2 fully saturated rings. The molecule has 1 heterocycles. The highest BCUT2D eigenvalue weighted by Gasteiger charge is 2.71. The molecule has 7 heteroatoms. The summed E-state index contributed by atoms with van der Waals surface area (Å²) in [7, 11) is -2.04. The van der Waals surface area contributed by atoms with Gasteiger partial charge in [0, 0.05) is 19.3 Å². The summed E-state index contributed by atoms with van der Waals surface area (Å²) in [6.45, 7) is 4.36. The van der Waals surface area contributed by atoms with E-state index in [1.54, 1.807) is 24.3 Å². The number of hydrogen-bond donors (Lipinski definition) is 1. The maximum atomic E-state index is 12.6. The lowest BCUT2D eigenvalue weighted by Gasteiger charge is -2.28. The quantitative estimate of drug-likeness (QED) is 0.909. The number of anilines is 1. The van der Waals surface area contributed by atoms with Crippen molar-refractivity contribution < 1.29 is 17.9 Å². The molecule has 3 rings (SSSR count). The van der Waals surface area contributed by atoms with Crippen LogP contribution in [0.2, 0.25) is 0 Å². The lowest BCUT2D eigenvalue weighted by molar-refractivity contribution is -0.117. The molecule has 1 saturated carbocycles. The Morgan fingerprint density at radius 3 is 2.61 bits per heavy atom. The molecule has 2 atom stereocenters. The number of nitrogens with zero attached hydrogens (tertiary/aromatic N) is 1. The molecule has 2 aliphatic rings. The van der Waals surface area contributed by atoms with E-state index in [-0.39, 0.29) is 12.0 Å². The van der Waals surface area contributed by atoms with Crippen molar-refractivity contribution in [2.75, 3.05) is 18.9 Å². The van der Waals surface area contributed by atoms with Crippen molar-refractivity contribution in [3.63, 3.8) is 0 Å². The Morgan fingerprint density at radius 2 is 2.00 bits per heavy atom. The van der Waals surface area contributed by atoms with Crippen LogP contribution in [0, 0.1) is 5.92 Å². The van der Waals surface area contributed by atoms with Crippen LogP contribution in [-0.4, -0.2) is 43.1 Å². The summed E-state index contributed by atoms with van der Waals surface area (Å²) in [5, 5.41) is 2.75. The summed E-state index contributed by atoms with van der Waals surface area (Å²) in [6.07, 6.45) is 1.23. The van der Waals surface area contributed by atoms with Crippen molar-refractivity contribution in [2.45, 2.75) is 37.5 Å². The number of amides is 1. The van der Waals surface area contributed by atoms with Crippen LogP contribution in [0.25, 0.3) is 0 Å². The van der Waals surface area contributed by atoms with Crippen LogP contribution in [0.3, 0.4) is 0 Å². The number of rotatable bonds is 4. The van der Waals surface area contributed by atoms with Gasteiger partial charge in [-0.1, -0.05) is 0 Å². The predicted octanol–water partition coefficient (Wildman–Crippen LogP) is 1.84. The Kier molecular flexibility index (Phi) is 3.88. The van der Waals surface area contributed by atoms with E-state index in [2.05, 4.69) is 5.32 Å². The minimum Gasteiger partial charge on any atom is -0.491 e. The molecule has 0 spiro atoms. The zero-order chi connectivity index (χ0) is 16.8. The average Bonchev–Trinajstić information content (AvgIpc) is 3.22. The fourth-order valence-corrected chi connectivity index (χ4v) is 5.35. The van der Waals surface area contributed by atoms with Gasteiger partial charge in [-0.2, -0.15) is 0 Å². The molecule has 1 aromatic carbocycles. The van der Waals surface area contributed by atoms with E-state index in [1.165, 1.54) is 11.4 Å². The highest BCUT2D eigenvalue weighted by Crippen LogP contribution is 2.56. The molecule has 1 aromatic rings. The average molecular weight is 338 g/mol. The van der Waals surface area contributed by atoms with Crippen molar-refractivity contribution in [3.8, 4) is 5.75 Å². The zero-order valence-electron chi connectivity index (χ0n) is 13.6. The Hall–Kier alpha value is -1.60. The van der Waals surface area contributed by atoms with Gasteiger partial charge < -0.3 is 10.1 Å². The summed E-state index contributed by atoms with van der Waals surface area (Å²) in [4.78, 5) is 12.6. The van der Waals surface area contributed by atoms with Gasteiger partial charge in [-0.3, -0.25) is 4.79 Å². The van der Waals surface area contributed by atoms with Crippen molar-refractivity contribution in [1.82, 2.24) is 4.31 Å². The number of fused-ring (bicyclic) bond motifs is 1.